The molecule has 1 unspecified atom stereocenters. The van der Waals surface area contributed by atoms with E-state index in [-0.39, 0.29) is 30.4 Å². The van der Waals surface area contributed by atoms with E-state index in [1.807, 2.05) is 0 Å². The van der Waals surface area contributed by atoms with Gasteiger partial charge < -0.3 is 0 Å². The molecule has 2 aliphatic rings. The zero-order chi connectivity index (χ0) is 11.8. The molecule has 7 heteroatoms. The van der Waals surface area contributed by atoms with Crippen molar-refractivity contribution >= 4 is 21.8 Å². The summed E-state index contributed by atoms with van der Waals surface area (Å²) in [6.45, 7) is 0. The summed E-state index contributed by atoms with van der Waals surface area (Å²) in [5.74, 6) is -0.561. The van der Waals surface area contributed by atoms with Gasteiger partial charge in [-0.2, -0.15) is 0 Å². The third kappa shape index (κ3) is 3.02. The predicted octanol–water partition coefficient (Wildman–Crippen LogP) is -0.879. The van der Waals surface area contributed by atoms with E-state index in [1.165, 1.54) is 0 Å². The minimum atomic E-state index is -3.39. The predicted molar refractivity (Wildman–Crippen MR) is 55.8 cm³/mol. The number of nitrogens with one attached hydrogen (secondary N) is 2. The smallest absolute Gasteiger partial charge is 0.244 e. The molecule has 0 aromatic rings. The molecule has 1 saturated carbocycles. The Labute approximate surface area is 93.8 Å². The molecule has 1 aliphatic carbocycles. The summed E-state index contributed by atoms with van der Waals surface area (Å²) >= 11 is 0. The second-order valence-electron chi connectivity index (χ2n) is 4.35. The maximum atomic E-state index is 11.6. The van der Waals surface area contributed by atoms with Gasteiger partial charge in [-0.3, -0.25) is 14.9 Å². The molecule has 2 fully saturated rings. The zero-order valence-electron chi connectivity index (χ0n) is 8.73. The van der Waals surface area contributed by atoms with E-state index in [2.05, 4.69) is 10.0 Å². The van der Waals surface area contributed by atoms with Gasteiger partial charge in [-0.05, 0) is 25.2 Å². The molecule has 1 heterocycles. The average molecular weight is 246 g/mol. The number of sulfonamides is 1. The minimum Gasteiger partial charge on any atom is -0.295 e. The largest absolute Gasteiger partial charge is 0.295 e. The second-order valence-corrected chi connectivity index (χ2v) is 6.14. The van der Waals surface area contributed by atoms with E-state index in [9.17, 15) is 18.0 Å². The van der Waals surface area contributed by atoms with Gasteiger partial charge >= 0.3 is 0 Å². The summed E-state index contributed by atoms with van der Waals surface area (Å²) in [5, 5.41) is 2.12. The number of carbonyl (C=O) groups excluding carboxylic acids is 2. The van der Waals surface area contributed by atoms with Crippen molar-refractivity contribution in [2.24, 2.45) is 5.92 Å². The van der Waals surface area contributed by atoms with E-state index in [4.69, 9.17) is 0 Å². The van der Waals surface area contributed by atoms with E-state index in [0.29, 0.717) is 0 Å². The summed E-state index contributed by atoms with van der Waals surface area (Å²) in [4.78, 5) is 22.2. The van der Waals surface area contributed by atoms with Crippen molar-refractivity contribution in [1.29, 1.82) is 0 Å². The Bertz CT molecular complexity index is 413. The summed E-state index contributed by atoms with van der Waals surface area (Å²) in [6.07, 6.45) is 2.31. The molecule has 2 amide bonds. The monoisotopic (exact) mass is 246 g/mol. The van der Waals surface area contributed by atoms with Crippen LogP contribution in [0.2, 0.25) is 0 Å². The maximum absolute atomic E-state index is 11.6. The van der Waals surface area contributed by atoms with Gasteiger partial charge in [-0.1, -0.05) is 0 Å². The quantitative estimate of drug-likeness (QED) is 0.630. The van der Waals surface area contributed by atoms with Crippen LogP contribution in [0.1, 0.15) is 25.7 Å². The minimum absolute atomic E-state index is 0.0880. The SMILES string of the molecule is O=C1CCC(NS(=O)(=O)CC2CC2)C(=O)N1. The van der Waals surface area contributed by atoms with Gasteiger partial charge in [0.05, 0.1) is 5.75 Å². The molecular formula is C9H14N2O4S. The number of hydrogen-bond acceptors (Lipinski definition) is 4. The standard InChI is InChI=1S/C9H14N2O4S/c12-8-4-3-7(9(13)10-8)11-16(14,15)5-6-1-2-6/h6-7,11H,1-5H2,(H,10,12,13). The fraction of sp³-hybridized carbons (Fsp3) is 0.778. The van der Waals surface area contributed by atoms with Crippen LogP contribution in [-0.4, -0.2) is 32.0 Å². The van der Waals surface area contributed by atoms with E-state index < -0.39 is 22.0 Å². The summed E-state index contributed by atoms with van der Waals surface area (Å²) in [6, 6.07) is -0.790. The number of piperidine rings is 1. The van der Waals surface area contributed by atoms with Gasteiger partial charge in [-0.15, -0.1) is 0 Å². The van der Waals surface area contributed by atoms with E-state index in [0.717, 1.165) is 12.8 Å². The lowest BCUT2D eigenvalue weighted by Crippen LogP contribution is -2.52. The number of amides is 2. The normalized spacial score (nSPS) is 26.6. The Morgan fingerprint density at radius 2 is 1.94 bits per heavy atom. The lowest BCUT2D eigenvalue weighted by atomic mass is 10.1. The van der Waals surface area contributed by atoms with Crippen molar-refractivity contribution in [3.05, 3.63) is 0 Å². The average Bonchev–Trinajstić information content (AvgIpc) is 2.93. The van der Waals surface area contributed by atoms with Crippen molar-refractivity contribution in [3.8, 4) is 0 Å². The highest BCUT2D eigenvalue weighted by Crippen LogP contribution is 2.30. The first-order chi connectivity index (χ1) is 7.46. The molecule has 0 radical (unpaired) electrons. The first-order valence-corrected chi connectivity index (χ1v) is 6.95. The first kappa shape index (κ1) is 11.5. The van der Waals surface area contributed by atoms with Crippen LogP contribution in [0.3, 0.4) is 0 Å². The summed E-state index contributed by atoms with van der Waals surface area (Å²) in [7, 11) is -3.39. The molecule has 6 nitrogen and oxygen atoms in total. The zero-order valence-corrected chi connectivity index (χ0v) is 9.55. The van der Waals surface area contributed by atoms with Crippen LogP contribution in [0, 0.1) is 5.92 Å². The summed E-state index contributed by atoms with van der Waals surface area (Å²) < 4.78 is 25.5. The Hall–Kier alpha value is -0.950. The van der Waals surface area contributed by atoms with Crippen LogP contribution >= 0.6 is 0 Å². The van der Waals surface area contributed by atoms with Gasteiger partial charge in [0.15, 0.2) is 0 Å². The van der Waals surface area contributed by atoms with Crippen molar-refractivity contribution in [2.75, 3.05) is 5.75 Å². The molecule has 2 rings (SSSR count). The molecule has 0 aromatic carbocycles. The second kappa shape index (κ2) is 4.14. The van der Waals surface area contributed by atoms with Crippen LogP contribution in [0.15, 0.2) is 0 Å². The van der Waals surface area contributed by atoms with Gasteiger partial charge in [-0.25, -0.2) is 13.1 Å². The van der Waals surface area contributed by atoms with Crippen LogP contribution in [0.25, 0.3) is 0 Å². The third-order valence-electron chi connectivity index (χ3n) is 2.71. The Morgan fingerprint density at radius 3 is 2.50 bits per heavy atom. The van der Waals surface area contributed by atoms with Crippen LogP contribution in [0.4, 0.5) is 0 Å². The highest BCUT2D eigenvalue weighted by molar-refractivity contribution is 7.89. The highest BCUT2D eigenvalue weighted by Gasteiger charge is 2.33. The van der Waals surface area contributed by atoms with E-state index in [1.54, 1.807) is 0 Å². The topological polar surface area (TPSA) is 92.3 Å². The van der Waals surface area contributed by atoms with Crippen LogP contribution in [-0.2, 0) is 19.6 Å². The fourth-order valence-electron chi connectivity index (χ4n) is 1.67. The number of imide groups is 1. The molecule has 2 N–H and O–H groups in total. The van der Waals surface area contributed by atoms with Crippen molar-refractivity contribution in [1.82, 2.24) is 10.0 Å². The molecule has 1 atom stereocenters. The van der Waals surface area contributed by atoms with Gasteiger partial charge in [0.25, 0.3) is 0 Å². The lowest BCUT2D eigenvalue weighted by molar-refractivity contribution is -0.134. The van der Waals surface area contributed by atoms with E-state index >= 15 is 0 Å². The summed E-state index contributed by atoms with van der Waals surface area (Å²) in [5.41, 5.74) is 0. The van der Waals surface area contributed by atoms with Crippen molar-refractivity contribution < 1.29 is 18.0 Å². The number of hydrogen-bond donors (Lipinski definition) is 2. The molecule has 90 valence electrons. The Balaban J connectivity index is 1.92. The highest BCUT2D eigenvalue weighted by atomic mass is 32.2. The van der Waals surface area contributed by atoms with Crippen molar-refractivity contribution in [2.45, 2.75) is 31.7 Å². The molecular weight excluding hydrogens is 232 g/mol. The first-order valence-electron chi connectivity index (χ1n) is 5.30. The Morgan fingerprint density at radius 1 is 1.25 bits per heavy atom. The van der Waals surface area contributed by atoms with Gasteiger partial charge in [0.2, 0.25) is 21.8 Å². The molecule has 0 bridgehead atoms. The van der Waals surface area contributed by atoms with Crippen molar-refractivity contribution in [3.63, 3.8) is 0 Å². The van der Waals surface area contributed by atoms with Gasteiger partial charge in [0, 0.05) is 6.42 Å². The molecule has 1 aliphatic heterocycles. The van der Waals surface area contributed by atoms with Gasteiger partial charge in [0.1, 0.15) is 6.04 Å². The van der Waals surface area contributed by atoms with Crippen LogP contribution < -0.4 is 10.0 Å². The third-order valence-corrected chi connectivity index (χ3v) is 4.27. The number of rotatable bonds is 4. The molecule has 16 heavy (non-hydrogen) atoms. The lowest BCUT2D eigenvalue weighted by Gasteiger charge is -2.21. The molecule has 1 saturated heterocycles. The maximum Gasteiger partial charge on any atom is 0.244 e. The Kier molecular flexibility index (Phi) is 2.98. The molecule has 0 aromatic heterocycles. The molecule has 0 spiro atoms. The van der Waals surface area contributed by atoms with Crippen LogP contribution in [0.5, 0.6) is 0 Å². The number of carbonyl (C=O) groups is 2. The fourth-order valence-corrected chi connectivity index (χ4v) is 3.37.